The van der Waals surface area contributed by atoms with E-state index in [0.717, 1.165) is 12.8 Å². The summed E-state index contributed by atoms with van der Waals surface area (Å²) in [4.78, 5) is 41.8. The number of carbonyl (C=O) groups excluding carboxylic acids is 3. The van der Waals surface area contributed by atoms with Crippen LogP contribution in [-0.2, 0) is 14.7 Å². The van der Waals surface area contributed by atoms with Crippen LogP contribution in [0.4, 0.5) is 0 Å². The second-order valence-corrected chi connectivity index (χ2v) is 8.61. The lowest BCUT2D eigenvalue weighted by Gasteiger charge is -2.12. The topological polar surface area (TPSA) is 97.8 Å². The van der Waals surface area contributed by atoms with Crippen LogP contribution in [0, 0.1) is 5.92 Å². The van der Waals surface area contributed by atoms with E-state index in [-0.39, 0.29) is 33.3 Å². The van der Waals surface area contributed by atoms with Crippen molar-refractivity contribution in [2.45, 2.75) is 17.7 Å². The number of carbonyl (C=O) groups is 3. The second-order valence-electron chi connectivity index (χ2n) is 6.58. The van der Waals surface area contributed by atoms with Gasteiger partial charge in [0.15, 0.2) is 9.84 Å². The second kappa shape index (κ2) is 6.31. The van der Waals surface area contributed by atoms with Crippen LogP contribution in [0.5, 0.6) is 0 Å². The molecule has 8 heteroatoms. The van der Waals surface area contributed by atoms with Crippen LogP contribution in [0.1, 0.15) is 43.9 Å². The molecule has 1 aliphatic carbocycles. The SMILES string of the molecule is O=C(ON1C(=O)c2ccccc2C1=O)c1ccc(S(=O)(=O)CC2CC2)cc1. The van der Waals surface area contributed by atoms with Gasteiger partial charge in [0, 0.05) is 0 Å². The minimum Gasteiger partial charge on any atom is -0.324 e. The van der Waals surface area contributed by atoms with Crippen LogP contribution >= 0.6 is 0 Å². The minimum atomic E-state index is -3.39. The van der Waals surface area contributed by atoms with Crippen LogP contribution in [-0.4, -0.2) is 37.0 Å². The molecule has 0 unspecified atom stereocenters. The van der Waals surface area contributed by atoms with Crippen molar-refractivity contribution in [3.63, 3.8) is 0 Å². The molecule has 2 aromatic rings. The third-order valence-corrected chi connectivity index (χ3v) is 6.43. The Morgan fingerprint density at radius 2 is 1.52 bits per heavy atom. The predicted octanol–water partition coefficient (Wildman–Crippen LogP) is 2.24. The number of nitrogens with zero attached hydrogens (tertiary/aromatic N) is 1. The van der Waals surface area contributed by atoms with Crippen LogP contribution in [0.25, 0.3) is 0 Å². The average Bonchev–Trinajstić information content (AvgIpc) is 3.44. The first kappa shape index (κ1) is 17.4. The molecule has 2 aliphatic rings. The van der Waals surface area contributed by atoms with Gasteiger partial charge in [-0.05, 0) is 55.2 Å². The van der Waals surface area contributed by atoms with Crippen molar-refractivity contribution in [1.82, 2.24) is 5.06 Å². The van der Waals surface area contributed by atoms with Gasteiger partial charge in [0.1, 0.15) is 0 Å². The van der Waals surface area contributed by atoms with Crippen molar-refractivity contribution in [2.24, 2.45) is 5.92 Å². The number of hydrogen-bond donors (Lipinski definition) is 0. The first-order chi connectivity index (χ1) is 12.9. The maximum atomic E-state index is 12.3. The van der Waals surface area contributed by atoms with Gasteiger partial charge in [-0.25, -0.2) is 13.2 Å². The molecule has 0 N–H and O–H groups in total. The number of fused-ring (bicyclic) bond motifs is 1. The summed E-state index contributed by atoms with van der Waals surface area (Å²) in [7, 11) is -3.39. The number of imide groups is 1. The molecule has 4 rings (SSSR count). The number of hydroxylamine groups is 2. The summed E-state index contributed by atoms with van der Waals surface area (Å²) in [5, 5.41) is 0.421. The zero-order valence-electron chi connectivity index (χ0n) is 14.1. The molecule has 0 spiro atoms. The van der Waals surface area contributed by atoms with Gasteiger partial charge in [-0.2, -0.15) is 0 Å². The number of hydrogen-bond acceptors (Lipinski definition) is 6. The van der Waals surface area contributed by atoms with Crippen LogP contribution in [0.3, 0.4) is 0 Å². The highest BCUT2D eigenvalue weighted by Crippen LogP contribution is 2.32. The average molecular weight is 385 g/mol. The van der Waals surface area contributed by atoms with E-state index in [0.29, 0.717) is 5.06 Å². The van der Waals surface area contributed by atoms with Gasteiger partial charge in [0.25, 0.3) is 11.8 Å². The Hall–Kier alpha value is -3.00. The summed E-state index contributed by atoms with van der Waals surface area (Å²) < 4.78 is 24.5. The van der Waals surface area contributed by atoms with E-state index in [4.69, 9.17) is 4.84 Å². The first-order valence-corrected chi connectivity index (χ1v) is 10.0. The van der Waals surface area contributed by atoms with E-state index in [1.165, 1.54) is 36.4 Å². The summed E-state index contributed by atoms with van der Waals surface area (Å²) in [6.45, 7) is 0. The van der Waals surface area contributed by atoms with Gasteiger partial charge in [0.05, 0.1) is 27.3 Å². The molecule has 1 heterocycles. The zero-order chi connectivity index (χ0) is 19.2. The number of rotatable bonds is 5. The summed E-state index contributed by atoms with van der Waals surface area (Å²) in [5.41, 5.74) is 0.366. The van der Waals surface area contributed by atoms with Gasteiger partial charge >= 0.3 is 5.97 Å². The van der Waals surface area contributed by atoms with Crippen molar-refractivity contribution in [3.05, 3.63) is 65.2 Å². The monoisotopic (exact) mass is 385 g/mol. The first-order valence-electron chi connectivity index (χ1n) is 8.40. The van der Waals surface area contributed by atoms with Gasteiger partial charge < -0.3 is 4.84 Å². The predicted molar refractivity (Wildman–Crippen MR) is 93.6 cm³/mol. The fourth-order valence-electron chi connectivity index (χ4n) is 2.88. The van der Waals surface area contributed by atoms with Crippen LogP contribution in [0.15, 0.2) is 53.4 Å². The molecule has 0 atom stereocenters. The Bertz CT molecular complexity index is 1020. The molecule has 1 fully saturated rings. The quantitative estimate of drug-likeness (QED) is 0.732. The Labute approximate surface area is 155 Å². The van der Waals surface area contributed by atoms with E-state index >= 15 is 0 Å². The van der Waals surface area contributed by atoms with E-state index in [1.54, 1.807) is 12.1 Å². The number of sulfone groups is 1. The van der Waals surface area contributed by atoms with E-state index in [1.807, 2.05) is 0 Å². The molecule has 0 bridgehead atoms. The van der Waals surface area contributed by atoms with Crippen molar-refractivity contribution < 1.29 is 27.6 Å². The standard InChI is InChI=1S/C19H15NO6S/c21-17-15-3-1-2-4-16(15)18(22)20(17)26-19(23)13-7-9-14(10-8-13)27(24,25)11-12-5-6-12/h1-4,7-10,12H,5-6,11H2. The number of amides is 2. The lowest BCUT2D eigenvalue weighted by molar-refractivity contribution is -0.0584. The summed E-state index contributed by atoms with van der Waals surface area (Å²) in [6, 6.07) is 11.4. The Morgan fingerprint density at radius 3 is 2.04 bits per heavy atom. The number of benzene rings is 2. The lowest BCUT2D eigenvalue weighted by Crippen LogP contribution is -2.32. The van der Waals surface area contributed by atoms with E-state index in [2.05, 4.69) is 0 Å². The van der Waals surface area contributed by atoms with Crippen molar-refractivity contribution in [2.75, 3.05) is 5.75 Å². The molecule has 0 radical (unpaired) electrons. The van der Waals surface area contributed by atoms with E-state index < -0.39 is 27.6 Å². The zero-order valence-corrected chi connectivity index (χ0v) is 14.9. The normalized spacial score (nSPS) is 16.4. The molecule has 138 valence electrons. The lowest BCUT2D eigenvalue weighted by atomic mass is 10.1. The molecule has 27 heavy (non-hydrogen) atoms. The molecular weight excluding hydrogens is 370 g/mol. The van der Waals surface area contributed by atoms with Crippen LogP contribution < -0.4 is 0 Å². The van der Waals surface area contributed by atoms with Gasteiger partial charge in [-0.1, -0.05) is 17.2 Å². The van der Waals surface area contributed by atoms with Gasteiger partial charge in [-0.3, -0.25) is 9.59 Å². The molecule has 1 aliphatic heterocycles. The summed E-state index contributed by atoms with van der Waals surface area (Å²) in [5.74, 6) is -2.03. The fourth-order valence-corrected chi connectivity index (χ4v) is 4.57. The Kier molecular flexibility index (Phi) is 4.07. The molecule has 1 saturated carbocycles. The molecule has 2 aromatic carbocycles. The van der Waals surface area contributed by atoms with E-state index in [9.17, 15) is 22.8 Å². The largest absolute Gasteiger partial charge is 0.363 e. The van der Waals surface area contributed by atoms with Crippen molar-refractivity contribution in [1.29, 1.82) is 0 Å². The van der Waals surface area contributed by atoms with Crippen molar-refractivity contribution >= 4 is 27.6 Å². The van der Waals surface area contributed by atoms with Crippen LogP contribution in [0.2, 0.25) is 0 Å². The summed E-state index contributed by atoms with van der Waals surface area (Å²) in [6.07, 6.45) is 1.84. The molecule has 0 saturated heterocycles. The fraction of sp³-hybridized carbons (Fsp3) is 0.211. The molecule has 0 aromatic heterocycles. The Balaban J connectivity index is 1.49. The maximum absolute atomic E-state index is 12.3. The third kappa shape index (κ3) is 3.23. The minimum absolute atomic E-state index is 0.0388. The summed E-state index contributed by atoms with van der Waals surface area (Å²) >= 11 is 0. The van der Waals surface area contributed by atoms with Gasteiger partial charge in [-0.15, -0.1) is 0 Å². The smallest absolute Gasteiger partial charge is 0.324 e. The molecule has 7 nitrogen and oxygen atoms in total. The maximum Gasteiger partial charge on any atom is 0.363 e. The molecular formula is C19H15NO6S. The highest BCUT2D eigenvalue weighted by Gasteiger charge is 2.38. The third-order valence-electron chi connectivity index (χ3n) is 4.53. The van der Waals surface area contributed by atoms with Gasteiger partial charge in [0.2, 0.25) is 0 Å². The van der Waals surface area contributed by atoms with Crippen molar-refractivity contribution in [3.8, 4) is 0 Å². The molecule has 2 amide bonds. The highest BCUT2D eigenvalue weighted by atomic mass is 32.2. The highest BCUT2D eigenvalue weighted by molar-refractivity contribution is 7.91. The Morgan fingerprint density at radius 1 is 0.963 bits per heavy atom.